The molecule has 1 atom stereocenters. The third-order valence-corrected chi connectivity index (χ3v) is 4.31. The topological polar surface area (TPSA) is 104 Å². The fraction of sp³-hybridized carbons (Fsp3) is 0.778. The number of alkyl halides is 3. The molecule has 0 radical (unpaired) electrons. The molecule has 2 amide bonds. The first kappa shape index (κ1) is 16.5. The van der Waals surface area contributed by atoms with E-state index in [1.54, 1.807) is 0 Å². The van der Waals surface area contributed by atoms with Gasteiger partial charge in [0.15, 0.2) is 9.84 Å². The molecular weight excluding hydrogens is 305 g/mol. The SMILES string of the molecule is O=C(O)CN(CC(F)(F)F)C(=O)NC1CCS(=O)(=O)C1. The minimum atomic E-state index is -4.74. The summed E-state index contributed by atoms with van der Waals surface area (Å²) in [5, 5.41) is 10.6. The maximum atomic E-state index is 12.2. The molecule has 1 unspecified atom stereocenters. The van der Waals surface area contributed by atoms with Crippen molar-refractivity contribution in [1.82, 2.24) is 10.2 Å². The molecule has 0 aromatic rings. The van der Waals surface area contributed by atoms with Gasteiger partial charge >= 0.3 is 18.2 Å². The normalized spacial score (nSPS) is 21.4. The molecule has 0 aliphatic carbocycles. The van der Waals surface area contributed by atoms with E-state index in [1.807, 2.05) is 0 Å². The zero-order valence-corrected chi connectivity index (χ0v) is 11.0. The number of hydrogen-bond donors (Lipinski definition) is 2. The van der Waals surface area contributed by atoms with Crippen molar-refractivity contribution in [2.45, 2.75) is 18.6 Å². The van der Waals surface area contributed by atoms with Gasteiger partial charge in [-0.25, -0.2) is 13.2 Å². The van der Waals surface area contributed by atoms with E-state index in [-0.39, 0.29) is 22.8 Å². The summed E-state index contributed by atoms with van der Waals surface area (Å²) in [7, 11) is -3.30. The Hall–Kier alpha value is -1.52. The molecule has 0 aromatic heterocycles. The van der Waals surface area contributed by atoms with Gasteiger partial charge < -0.3 is 15.3 Å². The lowest BCUT2D eigenvalue weighted by Crippen LogP contribution is -2.50. The highest BCUT2D eigenvalue weighted by Crippen LogP contribution is 2.17. The number of carbonyl (C=O) groups is 2. The molecule has 11 heteroatoms. The van der Waals surface area contributed by atoms with Crippen molar-refractivity contribution in [3.8, 4) is 0 Å². The summed E-state index contributed by atoms with van der Waals surface area (Å²) in [5.74, 6) is -2.11. The Balaban J connectivity index is 2.66. The van der Waals surface area contributed by atoms with E-state index in [2.05, 4.69) is 5.32 Å². The number of carboxylic acids is 1. The molecule has 1 aliphatic rings. The van der Waals surface area contributed by atoms with Gasteiger partial charge in [0.1, 0.15) is 13.1 Å². The van der Waals surface area contributed by atoms with Crippen LogP contribution < -0.4 is 5.32 Å². The van der Waals surface area contributed by atoms with Gasteiger partial charge in [-0.2, -0.15) is 13.2 Å². The van der Waals surface area contributed by atoms with Gasteiger partial charge in [0, 0.05) is 6.04 Å². The number of aliphatic carboxylic acids is 1. The summed E-state index contributed by atoms with van der Waals surface area (Å²) < 4.78 is 59.0. The van der Waals surface area contributed by atoms with Crippen molar-refractivity contribution in [3.05, 3.63) is 0 Å². The molecule has 2 N–H and O–H groups in total. The van der Waals surface area contributed by atoms with E-state index in [9.17, 15) is 31.2 Å². The summed E-state index contributed by atoms with van der Waals surface area (Å²) >= 11 is 0. The first-order valence-electron chi connectivity index (χ1n) is 5.53. The predicted molar refractivity (Wildman–Crippen MR) is 60.9 cm³/mol. The predicted octanol–water partition coefficient (Wildman–Crippen LogP) is -0.168. The second kappa shape index (κ2) is 5.85. The Kier molecular flexibility index (Phi) is 4.84. The lowest BCUT2D eigenvalue weighted by atomic mass is 10.3. The smallest absolute Gasteiger partial charge is 0.406 e. The van der Waals surface area contributed by atoms with Gasteiger partial charge in [0.25, 0.3) is 0 Å². The van der Waals surface area contributed by atoms with Crippen molar-refractivity contribution in [2.24, 2.45) is 0 Å². The summed E-state index contributed by atoms with van der Waals surface area (Å²) in [6, 6.07) is -2.04. The van der Waals surface area contributed by atoms with E-state index in [4.69, 9.17) is 5.11 Å². The molecule has 1 aliphatic heterocycles. The summed E-state index contributed by atoms with van der Waals surface area (Å²) in [4.78, 5) is 22.1. The highest BCUT2D eigenvalue weighted by Gasteiger charge is 2.36. The Morgan fingerprint density at radius 2 is 1.95 bits per heavy atom. The zero-order chi connectivity index (χ0) is 15.6. The summed E-state index contributed by atoms with van der Waals surface area (Å²) in [6.45, 7) is -2.84. The maximum Gasteiger partial charge on any atom is 0.406 e. The van der Waals surface area contributed by atoms with Crippen molar-refractivity contribution in [3.63, 3.8) is 0 Å². The van der Waals surface area contributed by atoms with Crippen LogP contribution in [0.4, 0.5) is 18.0 Å². The first-order valence-corrected chi connectivity index (χ1v) is 7.35. The van der Waals surface area contributed by atoms with E-state index in [0.717, 1.165) is 0 Å². The van der Waals surface area contributed by atoms with Gasteiger partial charge in [0.2, 0.25) is 0 Å². The number of carboxylic acid groups (broad SMARTS) is 1. The molecule has 20 heavy (non-hydrogen) atoms. The number of rotatable bonds is 4. The number of hydrogen-bond acceptors (Lipinski definition) is 4. The number of nitrogens with one attached hydrogen (secondary N) is 1. The van der Waals surface area contributed by atoms with E-state index in [1.165, 1.54) is 0 Å². The number of halogens is 3. The molecule has 1 saturated heterocycles. The first-order chi connectivity index (χ1) is 8.98. The monoisotopic (exact) mass is 318 g/mol. The fourth-order valence-electron chi connectivity index (χ4n) is 1.75. The number of nitrogens with zero attached hydrogens (tertiary/aromatic N) is 1. The van der Waals surface area contributed by atoms with Crippen molar-refractivity contribution < 1.29 is 36.3 Å². The number of amides is 2. The third-order valence-electron chi connectivity index (χ3n) is 2.54. The van der Waals surface area contributed by atoms with Crippen LogP contribution in [-0.4, -0.2) is 67.2 Å². The van der Waals surface area contributed by atoms with Gasteiger partial charge in [-0.05, 0) is 6.42 Å². The second-order valence-electron chi connectivity index (χ2n) is 4.41. The minimum Gasteiger partial charge on any atom is -0.480 e. The van der Waals surface area contributed by atoms with Crippen molar-refractivity contribution >= 4 is 21.8 Å². The number of urea groups is 1. The zero-order valence-electron chi connectivity index (χ0n) is 10.2. The van der Waals surface area contributed by atoms with Crippen LogP contribution in [0.25, 0.3) is 0 Å². The van der Waals surface area contributed by atoms with Crippen LogP contribution >= 0.6 is 0 Å². The lowest BCUT2D eigenvalue weighted by molar-refractivity contribution is -0.149. The Labute approximate surface area is 112 Å². The summed E-state index contributed by atoms with van der Waals surface area (Å²) in [6.07, 6.45) is -4.64. The van der Waals surface area contributed by atoms with Crippen LogP contribution in [0.3, 0.4) is 0 Å². The van der Waals surface area contributed by atoms with Gasteiger partial charge in [-0.15, -0.1) is 0 Å². The molecule has 1 fully saturated rings. The molecular formula is C9H13F3N2O5S. The maximum absolute atomic E-state index is 12.2. The van der Waals surface area contributed by atoms with Crippen LogP contribution in [0.1, 0.15) is 6.42 Å². The highest BCUT2D eigenvalue weighted by molar-refractivity contribution is 7.91. The fourth-order valence-corrected chi connectivity index (χ4v) is 3.43. The van der Waals surface area contributed by atoms with Crippen LogP contribution in [0.15, 0.2) is 0 Å². The van der Waals surface area contributed by atoms with Gasteiger partial charge in [-0.3, -0.25) is 4.79 Å². The van der Waals surface area contributed by atoms with Crippen LogP contribution in [0, 0.1) is 0 Å². The van der Waals surface area contributed by atoms with Gasteiger partial charge in [0.05, 0.1) is 11.5 Å². The van der Waals surface area contributed by atoms with E-state index < -0.39 is 47.1 Å². The van der Waals surface area contributed by atoms with E-state index in [0.29, 0.717) is 0 Å². The Morgan fingerprint density at radius 3 is 2.35 bits per heavy atom. The molecule has 116 valence electrons. The molecule has 0 spiro atoms. The third kappa shape index (κ3) is 5.63. The molecule has 7 nitrogen and oxygen atoms in total. The van der Waals surface area contributed by atoms with Crippen molar-refractivity contribution in [2.75, 3.05) is 24.6 Å². The average molecular weight is 318 g/mol. The molecule has 1 rings (SSSR count). The van der Waals surface area contributed by atoms with Crippen LogP contribution in [0.2, 0.25) is 0 Å². The quantitative estimate of drug-likeness (QED) is 0.749. The minimum absolute atomic E-state index is 0.0767. The van der Waals surface area contributed by atoms with E-state index >= 15 is 0 Å². The molecule has 0 aromatic carbocycles. The van der Waals surface area contributed by atoms with Crippen LogP contribution in [-0.2, 0) is 14.6 Å². The standard InChI is InChI=1S/C9H13F3N2O5S/c10-9(11,12)5-14(3-7(15)16)8(17)13-6-1-2-20(18,19)4-6/h6H,1-5H2,(H,13,17)(H,15,16). The van der Waals surface area contributed by atoms with Gasteiger partial charge in [-0.1, -0.05) is 0 Å². The summed E-state index contributed by atoms with van der Waals surface area (Å²) in [5.41, 5.74) is 0. The van der Waals surface area contributed by atoms with Crippen molar-refractivity contribution in [1.29, 1.82) is 0 Å². The molecule has 0 bridgehead atoms. The highest BCUT2D eigenvalue weighted by atomic mass is 32.2. The second-order valence-corrected chi connectivity index (χ2v) is 6.64. The average Bonchev–Trinajstić information content (AvgIpc) is 2.54. The lowest BCUT2D eigenvalue weighted by Gasteiger charge is -2.24. The largest absolute Gasteiger partial charge is 0.480 e. The molecule has 0 saturated carbocycles. The Bertz CT molecular complexity index is 490. The van der Waals surface area contributed by atoms with Crippen LogP contribution in [0.5, 0.6) is 0 Å². The Morgan fingerprint density at radius 1 is 1.35 bits per heavy atom. The molecule has 1 heterocycles. The number of sulfone groups is 1. The number of carbonyl (C=O) groups excluding carboxylic acids is 1.